The lowest BCUT2D eigenvalue weighted by atomic mass is 10.1. The van der Waals surface area contributed by atoms with E-state index in [2.05, 4.69) is 40.1 Å². The predicted molar refractivity (Wildman–Crippen MR) is 131 cm³/mol. The minimum atomic E-state index is 0. The highest BCUT2D eigenvalue weighted by Gasteiger charge is 2.25. The summed E-state index contributed by atoms with van der Waals surface area (Å²) in [5.41, 5.74) is 1.11. The van der Waals surface area contributed by atoms with Crippen molar-refractivity contribution in [3.63, 3.8) is 0 Å². The summed E-state index contributed by atoms with van der Waals surface area (Å²) < 4.78 is 7.76. The summed E-state index contributed by atoms with van der Waals surface area (Å²) in [4.78, 5) is 20.2. The van der Waals surface area contributed by atoms with Gasteiger partial charge in [0, 0.05) is 84.1 Å². The number of piperazine rings is 1. The highest BCUT2D eigenvalue weighted by molar-refractivity contribution is 14.0. The van der Waals surface area contributed by atoms with E-state index >= 15 is 0 Å². The number of halogens is 1. The van der Waals surface area contributed by atoms with Gasteiger partial charge in [-0.05, 0) is 6.07 Å². The number of ether oxygens (including phenoxy) is 1. The number of anilines is 1. The van der Waals surface area contributed by atoms with Crippen molar-refractivity contribution in [2.45, 2.75) is 6.10 Å². The molecule has 2 aliphatic heterocycles. The third kappa shape index (κ3) is 6.26. The van der Waals surface area contributed by atoms with Crippen LogP contribution in [0.4, 0.5) is 5.95 Å². The normalized spacial score (nSPS) is 20.5. The van der Waals surface area contributed by atoms with Crippen molar-refractivity contribution >= 4 is 35.9 Å². The number of morpholine rings is 1. The van der Waals surface area contributed by atoms with Gasteiger partial charge in [-0.1, -0.05) is 0 Å². The number of aliphatic imine (C=N–C) groups is 1. The zero-order valence-corrected chi connectivity index (χ0v) is 20.6. The maximum atomic E-state index is 5.95. The van der Waals surface area contributed by atoms with E-state index in [1.54, 1.807) is 12.4 Å². The Hall–Kier alpha value is -1.99. The van der Waals surface area contributed by atoms with Crippen LogP contribution < -0.4 is 10.2 Å². The van der Waals surface area contributed by atoms with Crippen LogP contribution in [0.3, 0.4) is 0 Å². The van der Waals surface area contributed by atoms with Crippen LogP contribution in [0.25, 0.3) is 0 Å². The fourth-order valence-corrected chi connectivity index (χ4v) is 3.93. The first-order valence-corrected chi connectivity index (χ1v) is 10.5. The van der Waals surface area contributed by atoms with E-state index in [0.29, 0.717) is 6.61 Å². The van der Waals surface area contributed by atoms with Crippen molar-refractivity contribution in [3.8, 4) is 0 Å². The molecule has 2 aromatic heterocycles. The summed E-state index contributed by atoms with van der Waals surface area (Å²) in [7, 11) is 3.77. The van der Waals surface area contributed by atoms with Crippen LogP contribution in [0, 0.1) is 0 Å². The second-order valence-corrected chi connectivity index (χ2v) is 7.60. The highest BCUT2D eigenvalue weighted by atomic mass is 127. The van der Waals surface area contributed by atoms with Crippen molar-refractivity contribution in [2.75, 3.05) is 70.9 Å². The molecule has 4 rings (SSSR count). The SMILES string of the molecule is CN=C(NCCN1CCN(c2ncccn2)CC1)N1CCOC(c2cnn(C)c2)C1.I. The van der Waals surface area contributed by atoms with Crippen LogP contribution in [0.15, 0.2) is 35.8 Å². The van der Waals surface area contributed by atoms with Gasteiger partial charge in [-0.3, -0.25) is 14.6 Å². The van der Waals surface area contributed by atoms with Crippen molar-refractivity contribution in [3.05, 3.63) is 36.4 Å². The molecular formula is C20H32IN9O. The van der Waals surface area contributed by atoms with Crippen molar-refractivity contribution in [2.24, 2.45) is 12.0 Å². The molecule has 4 heterocycles. The third-order valence-electron chi connectivity index (χ3n) is 5.59. The fraction of sp³-hybridized carbons (Fsp3) is 0.600. The summed E-state index contributed by atoms with van der Waals surface area (Å²) in [6.45, 7) is 8.09. The molecule has 1 unspecified atom stereocenters. The summed E-state index contributed by atoms with van der Waals surface area (Å²) in [5.74, 6) is 1.76. The molecule has 0 aliphatic carbocycles. The summed E-state index contributed by atoms with van der Waals surface area (Å²) in [5, 5.41) is 7.79. The minimum Gasteiger partial charge on any atom is -0.370 e. The van der Waals surface area contributed by atoms with Crippen LogP contribution in [-0.2, 0) is 11.8 Å². The summed E-state index contributed by atoms with van der Waals surface area (Å²) in [6, 6.07) is 1.85. The lowest BCUT2D eigenvalue weighted by Gasteiger charge is -2.36. The molecule has 10 nitrogen and oxygen atoms in total. The van der Waals surface area contributed by atoms with E-state index in [1.165, 1.54) is 0 Å². The standard InChI is InChI=1S/C20H31N9O.HI/c1-21-19(29-12-13-30-18(16-29)17-14-25-26(2)15-17)24-6-7-27-8-10-28(11-9-27)20-22-4-3-5-23-20;/h3-5,14-15,18H,6-13,16H2,1-2H3,(H,21,24);1H. The van der Waals surface area contributed by atoms with E-state index in [4.69, 9.17) is 4.74 Å². The molecule has 0 amide bonds. The number of hydrogen-bond donors (Lipinski definition) is 1. The largest absolute Gasteiger partial charge is 0.370 e. The van der Waals surface area contributed by atoms with Gasteiger partial charge in [0.25, 0.3) is 0 Å². The zero-order chi connectivity index (χ0) is 20.8. The molecule has 0 bridgehead atoms. The summed E-state index contributed by atoms with van der Waals surface area (Å²) in [6.07, 6.45) is 7.53. The van der Waals surface area contributed by atoms with Crippen molar-refractivity contribution < 1.29 is 4.74 Å². The molecule has 31 heavy (non-hydrogen) atoms. The number of nitrogens with zero attached hydrogens (tertiary/aromatic N) is 8. The zero-order valence-electron chi connectivity index (χ0n) is 18.2. The van der Waals surface area contributed by atoms with Crippen LogP contribution in [0.5, 0.6) is 0 Å². The Balaban J connectivity index is 0.00000272. The second kappa shape index (κ2) is 11.6. The van der Waals surface area contributed by atoms with Crippen LogP contribution in [0.1, 0.15) is 11.7 Å². The molecule has 2 fully saturated rings. The Kier molecular flexibility index (Phi) is 8.84. The first-order valence-electron chi connectivity index (χ1n) is 10.5. The Bertz CT molecular complexity index is 823. The van der Waals surface area contributed by atoms with E-state index < -0.39 is 0 Å². The number of guanidine groups is 1. The Morgan fingerprint density at radius 2 is 1.97 bits per heavy atom. The van der Waals surface area contributed by atoms with E-state index in [9.17, 15) is 0 Å². The van der Waals surface area contributed by atoms with E-state index in [-0.39, 0.29) is 30.1 Å². The Labute approximate surface area is 200 Å². The van der Waals surface area contributed by atoms with Gasteiger partial charge in [0.1, 0.15) is 6.10 Å². The first-order chi connectivity index (χ1) is 14.7. The van der Waals surface area contributed by atoms with Crippen molar-refractivity contribution in [1.82, 2.24) is 34.9 Å². The molecule has 11 heteroatoms. The molecule has 0 radical (unpaired) electrons. The lowest BCUT2D eigenvalue weighted by molar-refractivity contribution is -0.00805. The molecule has 0 saturated carbocycles. The van der Waals surface area contributed by atoms with Gasteiger partial charge in [0.2, 0.25) is 5.95 Å². The second-order valence-electron chi connectivity index (χ2n) is 7.60. The molecule has 0 aromatic carbocycles. The Morgan fingerprint density at radius 1 is 1.19 bits per heavy atom. The molecule has 1 atom stereocenters. The van der Waals surface area contributed by atoms with Gasteiger partial charge in [0.05, 0.1) is 19.3 Å². The van der Waals surface area contributed by atoms with E-state index in [1.807, 2.05) is 37.2 Å². The molecule has 2 aliphatic rings. The van der Waals surface area contributed by atoms with E-state index in [0.717, 1.165) is 69.8 Å². The number of aromatic nitrogens is 4. The van der Waals surface area contributed by atoms with Gasteiger partial charge in [-0.25, -0.2) is 9.97 Å². The average molecular weight is 541 g/mol. The summed E-state index contributed by atoms with van der Waals surface area (Å²) >= 11 is 0. The lowest BCUT2D eigenvalue weighted by Crippen LogP contribution is -2.51. The fourth-order valence-electron chi connectivity index (χ4n) is 3.93. The van der Waals surface area contributed by atoms with Crippen LogP contribution in [-0.4, -0.2) is 102 Å². The van der Waals surface area contributed by atoms with Gasteiger partial charge in [-0.2, -0.15) is 5.10 Å². The van der Waals surface area contributed by atoms with Crippen molar-refractivity contribution in [1.29, 1.82) is 0 Å². The molecule has 1 N–H and O–H groups in total. The third-order valence-corrected chi connectivity index (χ3v) is 5.59. The predicted octanol–water partition coefficient (Wildman–Crippen LogP) is 0.599. The average Bonchev–Trinajstić information content (AvgIpc) is 3.24. The Morgan fingerprint density at radius 3 is 2.65 bits per heavy atom. The monoisotopic (exact) mass is 541 g/mol. The number of hydrogen-bond acceptors (Lipinski definition) is 7. The van der Waals surface area contributed by atoms with Gasteiger partial charge < -0.3 is 19.9 Å². The quantitative estimate of drug-likeness (QED) is 0.335. The van der Waals surface area contributed by atoms with Gasteiger partial charge >= 0.3 is 0 Å². The number of rotatable bonds is 5. The van der Waals surface area contributed by atoms with Gasteiger partial charge in [-0.15, -0.1) is 24.0 Å². The minimum absolute atomic E-state index is 0. The topological polar surface area (TPSA) is 86.9 Å². The molecule has 2 aromatic rings. The smallest absolute Gasteiger partial charge is 0.225 e. The number of nitrogens with one attached hydrogen (secondary N) is 1. The molecule has 170 valence electrons. The molecular weight excluding hydrogens is 509 g/mol. The first kappa shape index (κ1) is 23.7. The number of aryl methyl sites for hydroxylation is 1. The molecule has 0 spiro atoms. The van der Waals surface area contributed by atoms with Crippen LogP contribution in [0.2, 0.25) is 0 Å². The molecule has 2 saturated heterocycles. The highest BCUT2D eigenvalue weighted by Crippen LogP contribution is 2.21. The maximum absolute atomic E-state index is 5.95. The van der Waals surface area contributed by atoms with Gasteiger partial charge in [0.15, 0.2) is 5.96 Å². The van der Waals surface area contributed by atoms with Crippen LogP contribution >= 0.6 is 24.0 Å². The maximum Gasteiger partial charge on any atom is 0.225 e.